The van der Waals surface area contributed by atoms with Crippen LogP contribution in [0.5, 0.6) is 0 Å². The normalized spacial score (nSPS) is 15.8. The predicted octanol–water partition coefficient (Wildman–Crippen LogP) is 3.43. The lowest BCUT2D eigenvalue weighted by Crippen LogP contribution is -2.17. The smallest absolute Gasteiger partial charge is 0.224 e. The molecule has 0 atom stereocenters. The summed E-state index contributed by atoms with van der Waals surface area (Å²) < 4.78 is 0. The molecule has 2 rings (SSSR count). The van der Waals surface area contributed by atoms with Gasteiger partial charge in [0.1, 0.15) is 5.82 Å². The molecule has 0 amide bonds. The molecule has 0 aromatic carbocycles. The zero-order valence-electron chi connectivity index (χ0n) is 11.3. The van der Waals surface area contributed by atoms with E-state index in [0.717, 1.165) is 18.3 Å². The third-order valence-electron chi connectivity index (χ3n) is 3.43. The maximum absolute atomic E-state index is 4.50. The van der Waals surface area contributed by atoms with Crippen molar-refractivity contribution in [2.75, 3.05) is 17.2 Å². The van der Waals surface area contributed by atoms with Crippen LogP contribution in [0.2, 0.25) is 0 Å². The fraction of sp³-hybridized carbons (Fsp3) is 0.714. The van der Waals surface area contributed by atoms with E-state index in [1.807, 2.05) is 12.3 Å². The first-order valence-corrected chi connectivity index (χ1v) is 7.22. The lowest BCUT2D eigenvalue weighted by Gasteiger charge is -2.12. The Kier molecular flexibility index (Phi) is 5.24. The molecule has 100 valence electrons. The minimum Gasteiger partial charge on any atom is -0.370 e. The fourth-order valence-electron chi connectivity index (χ4n) is 2.37. The van der Waals surface area contributed by atoms with Gasteiger partial charge in [-0.15, -0.1) is 0 Å². The SMILES string of the molecule is CCCCCNc1ccnc(NC2CCCC2)n1. The number of anilines is 2. The van der Waals surface area contributed by atoms with Gasteiger partial charge in [0.25, 0.3) is 0 Å². The molecule has 4 heteroatoms. The Morgan fingerprint density at radius 1 is 1.28 bits per heavy atom. The molecule has 4 nitrogen and oxygen atoms in total. The van der Waals surface area contributed by atoms with E-state index < -0.39 is 0 Å². The lowest BCUT2D eigenvalue weighted by atomic mass is 10.2. The van der Waals surface area contributed by atoms with Crippen molar-refractivity contribution in [2.24, 2.45) is 0 Å². The Labute approximate surface area is 110 Å². The van der Waals surface area contributed by atoms with Crippen LogP contribution in [0.25, 0.3) is 0 Å². The van der Waals surface area contributed by atoms with Crippen molar-refractivity contribution < 1.29 is 0 Å². The van der Waals surface area contributed by atoms with Crippen LogP contribution in [0.4, 0.5) is 11.8 Å². The largest absolute Gasteiger partial charge is 0.370 e. The first-order valence-electron chi connectivity index (χ1n) is 7.22. The first kappa shape index (κ1) is 13.1. The maximum Gasteiger partial charge on any atom is 0.224 e. The highest BCUT2D eigenvalue weighted by atomic mass is 15.1. The summed E-state index contributed by atoms with van der Waals surface area (Å²) in [5.74, 6) is 1.70. The number of nitrogens with zero attached hydrogens (tertiary/aromatic N) is 2. The van der Waals surface area contributed by atoms with Crippen LogP contribution in [0.1, 0.15) is 51.9 Å². The molecule has 18 heavy (non-hydrogen) atoms. The first-order chi connectivity index (χ1) is 8.88. The quantitative estimate of drug-likeness (QED) is 0.726. The molecule has 1 aromatic heterocycles. The van der Waals surface area contributed by atoms with Crippen LogP contribution < -0.4 is 10.6 Å². The van der Waals surface area contributed by atoms with Crippen molar-refractivity contribution in [1.29, 1.82) is 0 Å². The third kappa shape index (κ3) is 4.17. The molecule has 1 saturated carbocycles. The number of hydrogen-bond acceptors (Lipinski definition) is 4. The number of unbranched alkanes of at least 4 members (excludes halogenated alkanes) is 2. The molecule has 0 spiro atoms. The van der Waals surface area contributed by atoms with E-state index >= 15 is 0 Å². The van der Waals surface area contributed by atoms with Crippen LogP contribution in [0.15, 0.2) is 12.3 Å². The minimum absolute atomic E-state index is 0.570. The van der Waals surface area contributed by atoms with Crippen LogP contribution in [0.3, 0.4) is 0 Å². The molecule has 0 unspecified atom stereocenters. The topological polar surface area (TPSA) is 49.8 Å². The van der Waals surface area contributed by atoms with Gasteiger partial charge in [0.05, 0.1) is 0 Å². The van der Waals surface area contributed by atoms with Gasteiger partial charge < -0.3 is 10.6 Å². The van der Waals surface area contributed by atoms with E-state index in [9.17, 15) is 0 Å². The van der Waals surface area contributed by atoms with Crippen molar-refractivity contribution in [3.63, 3.8) is 0 Å². The van der Waals surface area contributed by atoms with Gasteiger partial charge in [0, 0.05) is 18.8 Å². The van der Waals surface area contributed by atoms with Crippen molar-refractivity contribution >= 4 is 11.8 Å². The van der Waals surface area contributed by atoms with E-state index in [4.69, 9.17) is 0 Å². The number of aromatic nitrogens is 2. The molecule has 1 heterocycles. The van der Waals surface area contributed by atoms with Gasteiger partial charge in [-0.05, 0) is 25.3 Å². The summed E-state index contributed by atoms with van der Waals surface area (Å²) in [6.45, 7) is 3.21. The molecular weight excluding hydrogens is 224 g/mol. The van der Waals surface area contributed by atoms with Gasteiger partial charge in [-0.3, -0.25) is 0 Å². The highest BCUT2D eigenvalue weighted by Gasteiger charge is 2.15. The Balaban J connectivity index is 1.80. The molecule has 1 aliphatic carbocycles. The lowest BCUT2D eigenvalue weighted by molar-refractivity contribution is 0.737. The highest BCUT2D eigenvalue weighted by molar-refractivity contribution is 5.39. The van der Waals surface area contributed by atoms with Gasteiger partial charge in [0.15, 0.2) is 0 Å². The van der Waals surface area contributed by atoms with Crippen molar-refractivity contribution in [2.45, 2.75) is 57.9 Å². The summed E-state index contributed by atoms with van der Waals surface area (Å²) in [5, 5.41) is 6.77. The summed E-state index contributed by atoms with van der Waals surface area (Å²) in [6, 6.07) is 2.51. The standard InChI is InChI=1S/C14H24N4/c1-2-3-6-10-15-13-9-11-16-14(18-13)17-12-7-4-5-8-12/h9,11-12H,2-8,10H2,1H3,(H2,15,16,17,18). The molecule has 0 bridgehead atoms. The van der Waals surface area contributed by atoms with E-state index in [1.165, 1.54) is 44.9 Å². The van der Waals surface area contributed by atoms with Gasteiger partial charge in [0.2, 0.25) is 5.95 Å². The molecule has 0 saturated heterocycles. The van der Waals surface area contributed by atoms with E-state index in [2.05, 4.69) is 27.5 Å². The monoisotopic (exact) mass is 248 g/mol. The fourth-order valence-corrected chi connectivity index (χ4v) is 2.37. The summed E-state index contributed by atoms with van der Waals surface area (Å²) in [7, 11) is 0. The second-order valence-electron chi connectivity index (χ2n) is 5.03. The minimum atomic E-state index is 0.570. The summed E-state index contributed by atoms with van der Waals surface area (Å²) in [5.41, 5.74) is 0. The number of hydrogen-bond donors (Lipinski definition) is 2. The average Bonchev–Trinajstić information content (AvgIpc) is 2.88. The summed E-state index contributed by atoms with van der Waals surface area (Å²) in [4.78, 5) is 8.79. The van der Waals surface area contributed by atoms with Gasteiger partial charge in [-0.1, -0.05) is 32.6 Å². The second-order valence-corrected chi connectivity index (χ2v) is 5.03. The van der Waals surface area contributed by atoms with E-state index in [0.29, 0.717) is 6.04 Å². The summed E-state index contributed by atoms with van der Waals surface area (Å²) >= 11 is 0. The Morgan fingerprint density at radius 3 is 2.89 bits per heavy atom. The maximum atomic E-state index is 4.50. The second kappa shape index (κ2) is 7.19. The van der Waals surface area contributed by atoms with E-state index in [-0.39, 0.29) is 0 Å². The van der Waals surface area contributed by atoms with Gasteiger partial charge >= 0.3 is 0 Å². The molecule has 0 radical (unpaired) electrons. The molecule has 1 aromatic rings. The van der Waals surface area contributed by atoms with Gasteiger partial charge in [-0.2, -0.15) is 4.98 Å². The number of rotatable bonds is 7. The Bertz CT molecular complexity index is 347. The van der Waals surface area contributed by atoms with Crippen LogP contribution in [0, 0.1) is 0 Å². The number of nitrogens with one attached hydrogen (secondary N) is 2. The molecule has 1 aliphatic rings. The predicted molar refractivity (Wildman–Crippen MR) is 75.9 cm³/mol. The Morgan fingerprint density at radius 2 is 2.11 bits per heavy atom. The molecule has 2 N–H and O–H groups in total. The van der Waals surface area contributed by atoms with Crippen molar-refractivity contribution in [3.05, 3.63) is 12.3 Å². The highest BCUT2D eigenvalue weighted by Crippen LogP contribution is 2.20. The molecular formula is C14H24N4. The van der Waals surface area contributed by atoms with Crippen LogP contribution in [-0.2, 0) is 0 Å². The average molecular weight is 248 g/mol. The van der Waals surface area contributed by atoms with Crippen molar-refractivity contribution in [3.8, 4) is 0 Å². The van der Waals surface area contributed by atoms with E-state index in [1.54, 1.807) is 0 Å². The molecule has 1 fully saturated rings. The summed E-state index contributed by atoms with van der Waals surface area (Å²) in [6.07, 6.45) is 10.7. The Hall–Kier alpha value is -1.32. The van der Waals surface area contributed by atoms with Gasteiger partial charge in [-0.25, -0.2) is 4.98 Å². The zero-order chi connectivity index (χ0) is 12.6. The van der Waals surface area contributed by atoms with Crippen LogP contribution >= 0.6 is 0 Å². The third-order valence-corrected chi connectivity index (χ3v) is 3.43. The van der Waals surface area contributed by atoms with Crippen LogP contribution in [-0.4, -0.2) is 22.6 Å². The molecule has 0 aliphatic heterocycles. The van der Waals surface area contributed by atoms with Crippen molar-refractivity contribution in [1.82, 2.24) is 9.97 Å². The zero-order valence-corrected chi connectivity index (χ0v) is 11.3.